The van der Waals surface area contributed by atoms with Crippen LogP contribution in [0.5, 0.6) is 0 Å². The zero-order chi connectivity index (χ0) is 14.5. The van der Waals surface area contributed by atoms with Gasteiger partial charge in [-0.15, -0.1) is 0 Å². The van der Waals surface area contributed by atoms with Crippen LogP contribution in [-0.2, 0) is 4.79 Å². The average Bonchev–Trinajstić information content (AvgIpc) is 2.35. The van der Waals surface area contributed by atoms with Gasteiger partial charge in [-0.05, 0) is 20.5 Å². The highest BCUT2D eigenvalue weighted by atomic mass is 16.4. The fourth-order valence-corrected chi connectivity index (χ4v) is 2.43. The Morgan fingerprint density at radius 3 is 1.68 bits per heavy atom. The lowest BCUT2D eigenvalue weighted by Crippen LogP contribution is -2.35. The lowest BCUT2D eigenvalue weighted by Gasteiger charge is -2.19. The summed E-state index contributed by atoms with van der Waals surface area (Å²) in [6.45, 7) is 2.25. The average molecular weight is 271 g/mol. The summed E-state index contributed by atoms with van der Waals surface area (Å²) >= 11 is 0. The summed E-state index contributed by atoms with van der Waals surface area (Å²) in [6, 6.07) is -0.311. The molecule has 0 aromatic heterocycles. The van der Waals surface area contributed by atoms with E-state index in [-0.39, 0.29) is 6.04 Å². The monoisotopic (exact) mass is 271 g/mol. The molecular formula is C16H33NO2. The molecule has 114 valence electrons. The minimum Gasteiger partial charge on any atom is -0.480 e. The third kappa shape index (κ3) is 11.0. The van der Waals surface area contributed by atoms with Crippen LogP contribution in [0.15, 0.2) is 0 Å². The van der Waals surface area contributed by atoms with E-state index >= 15 is 0 Å². The summed E-state index contributed by atoms with van der Waals surface area (Å²) in [5, 5.41) is 9.05. The van der Waals surface area contributed by atoms with E-state index in [1.54, 1.807) is 4.90 Å². The number of rotatable bonds is 13. The van der Waals surface area contributed by atoms with Gasteiger partial charge in [0, 0.05) is 0 Å². The molecule has 0 spiro atoms. The molecule has 0 saturated carbocycles. The summed E-state index contributed by atoms with van der Waals surface area (Å²) in [5.41, 5.74) is 0. The van der Waals surface area contributed by atoms with Crippen LogP contribution in [0.4, 0.5) is 0 Å². The van der Waals surface area contributed by atoms with Gasteiger partial charge in [-0.2, -0.15) is 0 Å². The van der Waals surface area contributed by atoms with Crippen molar-refractivity contribution in [3.8, 4) is 0 Å². The molecule has 0 aliphatic rings. The maximum absolute atomic E-state index is 11.0. The molecule has 3 heteroatoms. The standard InChI is InChI=1S/C16H33NO2/c1-4-5-6-7-8-9-10-11-12-13-14-15(16(18)19)17(2)3/h15H,4-14H2,1-3H3,(H,18,19). The first-order valence-electron chi connectivity index (χ1n) is 7.98. The second-order valence-electron chi connectivity index (χ2n) is 5.79. The predicted octanol–water partition coefficient (Wildman–Crippen LogP) is 4.31. The summed E-state index contributed by atoms with van der Waals surface area (Å²) in [7, 11) is 3.68. The molecule has 0 bridgehead atoms. The van der Waals surface area contributed by atoms with Crippen LogP contribution >= 0.6 is 0 Å². The fourth-order valence-electron chi connectivity index (χ4n) is 2.43. The number of likely N-dealkylation sites (N-methyl/N-ethyl adjacent to an activating group) is 1. The van der Waals surface area contributed by atoms with Gasteiger partial charge in [0.1, 0.15) is 6.04 Å². The van der Waals surface area contributed by atoms with Gasteiger partial charge in [0.15, 0.2) is 0 Å². The largest absolute Gasteiger partial charge is 0.480 e. The third-order valence-electron chi connectivity index (χ3n) is 3.74. The molecule has 19 heavy (non-hydrogen) atoms. The van der Waals surface area contributed by atoms with E-state index in [2.05, 4.69) is 6.92 Å². The normalized spacial score (nSPS) is 12.8. The molecule has 0 heterocycles. The zero-order valence-electron chi connectivity index (χ0n) is 13.2. The van der Waals surface area contributed by atoms with Gasteiger partial charge in [0.25, 0.3) is 0 Å². The molecule has 3 nitrogen and oxygen atoms in total. The molecule has 0 aliphatic carbocycles. The Bertz CT molecular complexity index is 217. The van der Waals surface area contributed by atoms with Crippen LogP contribution in [-0.4, -0.2) is 36.1 Å². The first kappa shape index (κ1) is 18.4. The van der Waals surface area contributed by atoms with E-state index in [9.17, 15) is 4.79 Å². The van der Waals surface area contributed by atoms with Crippen LogP contribution in [0, 0.1) is 0 Å². The molecule has 0 aliphatic heterocycles. The Labute approximate surface area is 119 Å². The Morgan fingerprint density at radius 2 is 1.32 bits per heavy atom. The second kappa shape index (κ2) is 12.5. The van der Waals surface area contributed by atoms with E-state index in [0.29, 0.717) is 0 Å². The lowest BCUT2D eigenvalue weighted by molar-refractivity contribution is -0.142. The van der Waals surface area contributed by atoms with Gasteiger partial charge in [-0.1, -0.05) is 71.1 Å². The summed E-state index contributed by atoms with van der Waals surface area (Å²) < 4.78 is 0. The van der Waals surface area contributed by atoms with E-state index in [0.717, 1.165) is 12.8 Å². The number of carbonyl (C=O) groups is 1. The smallest absolute Gasteiger partial charge is 0.320 e. The van der Waals surface area contributed by atoms with Crippen molar-refractivity contribution >= 4 is 5.97 Å². The van der Waals surface area contributed by atoms with E-state index in [4.69, 9.17) is 5.11 Å². The van der Waals surface area contributed by atoms with E-state index in [1.165, 1.54) is 57.8 Å². The number of hydrogen-bond donors (Lipinski definition) is 1. The fraction of sp³-hybridized carbons (Fsp3) is 0.938. The van der Waals surface area contributed by atoms with Crippen LogP contribution in [0.2, 0.25) is 0 Å². The Hall–Kier alpha value is -0.570. The molecule has 0 aromatic carbocycles. The van der Waals surface area contributed by atoms with Crippen LogP contribution in [0.3, 0.4) is 0 Å². The highest BCUT2D eigenvalue weighted by Crippen LogP contribution is 2.13. The Morgan fingerprint density at radius 1 is 0.895 bits per heavy atom. The summed E-state index contributed by atoms with van der Waals surface area (Å²) in [5.74, 6) is -0.694. The van der Waals surface area contributed by atoms with Crippen molar-refractivity contribution in [2.75, 3.05) is 14.1 Å². The van der Waals surface area contributed by atoms with Crippen molar-refractivity contribution in [1.29, 1.82) is 0 Å². The Balaban J connectivity index is 3.32. The molecule has 1 unspecified atom stereocenters. The van der Waals surface area contributed by atoms with Crippen LogP contribution < -0.4 is 0 Å². The predicted molar refractivity (Wildman–Crippen MR) is 81.6 cm³/mol. The van der Waals surface area contributed by atoms with Crippen LogP contribution in [0.25, 0.3) is 0 Å². The minimum atomic E-state index is -0.694. The summed E-state index contributed by atoms with van der Waals surface area (Å²) in [4.78, 5) is 12.8. The molecule has 0 aromatic rings. The number of carboxylic acid groups (broad SMARTS) is 1. The molecule has 1 atom stereocenters. The van der Waals surface area contributed by atoms with Crippen molar-refractivity contribution in [3.63, 3.8) is 0 Å². The lowest BCUT2D eigenvalue weighted by atomic mass is 10.0. The summed E-state index contributed by atoms with van der Waals surface area (Å²) in [6.07, 6.45) is 13.7. The number of nitrogens with zero attached hydrogens (tertiary/aromatic N) is 1. The molecule has 0 radical (unpaired) electrons. The molecule has 0 fully saturated rings. The number of aliphatic carboxylic acids is 1. The number of unbranched alkanes of at least 4 members (excludes halogenated alkanes) is 9. The molecular weight excluding hydrogens is 238 g/mol. The number of hydrogen-bond acceptors (Lipinski definition) is 2. The first-order chi connectivity index (χ1) is 9.09. The van der Waals surface area contributed by atoms with Gasteiger partial charge < -0.3 is 5.11 Å². The quantitative estimate of drug-likeness (QED) is 0.507. The van der Waals surface area contributed by atoms with Crippen molar-refractivity contribution in [2.45, 2.75) is 83.6 Å². The van der Waals surface area contributed by atoms with Gasteiger partial charge in [-0.25, -0.2) is 0 Å². The van der Waals surface area contributed by atoms with E-state index in [1.807, 2.05) is 14.1 Å². The topological polar surface area (TPSA) is 40.5 Å². The van der Waals surface area contributed by atoms with Gasteiger partial charge in [0.05, 0.1) is 0 Å². The first-order valence-corrected chi connectivity index (χ1v) is 7.98. The second-order valence-corrected chi connectivity index (χ2v) is 5.79. The molecule has 0 saturated heterocycles. The SMILES string of the molecule is CCCCCCCCCCCCC(C(=O)O)N(C)C. The molecule has 1 N–H and O–H groups in total. The third-order valence-corrected chi connectivity index (χ3v) is 3.74. The minimum absolute atomic E-state index is 0.311. The van der Waals surface area contributed by atoms with Gasteiger partial charge >= 0.3 is 5.97 Å². The highest BCUT2D eigenvalue weighted by Gasteiger charge is 2.18. The van der Waals surface area contributed by atoms with Crippen molar-refractivity contribution in [1.82, 2.24) is 4.90 Å². The van der Waals surface area contributed by atoms with Crippen LogP contribution in [0.1, 0.15) is 77.6 Å². The maximum atomic E-state index is 11.0. The zero-order valence-corrected chi connectivity index (χ0v) is 13.2. The van der Waals surface area contributed by atoms with Gasteiger partial charge in [0.2, 0.25) is 0 Å². The molecule has 0 amide bonds. The van der Waals surface area contributed by atoms with Crippen molar-refractivity contribution in [2.24, 2.45) is 0 Å². The van der Waals surface area contributed by atoms with Gasteiger partial charge in [-0.3, -0.25) is 9.69 Å². The molecule has 0 rings (SSSR count). The van der Waals surface area contributed by atoms with E-state index < -0.39 is 5.97 Å². The maximum Gasteiger partial charge on any atom is 0.320 e. The van der Waals surface area contributed by atoms with Crippen molar-refractivity contribution in [3.05, 3.63) is 0 Å². The van der Waals surface area contributed by atoms with Crippen molar-refractivity contribution < 1.29 is 9.90 Å². The Kier molecular flexibility index (Phi) is 12.1. The highest BCUT2D eigenvalue weighted by molar-refractivity contribution is 5.73. The number of carboxylic acids is 1.